The highest BCUT2D eigenvalue weighted by Crippen LogP contribution is 2.35. The number of piperidine rings is 1. The molecule has 1 aromatic rings. The van der Waals surface area contributed by atoms with Crippen molar-refractivity contribution in [2.45, 2.75) is 39.0 Å². The lowest BCUT2D eigenvalue weighted by atomic mass is 9.80. The number of carbonyl (C=O) groups is 1. The topological polar surface area (TPSA) is 66.3 Å². The van der Waals surface area contributed by atoms with E-state index in [1.807, 2.05) is 6.92 Å². The summed E-state index contributed by atoms with van der Waals surface area (Å²) in [6.45, 7) is 3.38. The minimum atomic E-state index is -0.680. The van der Waals surface area contributed by atoms with Gasteiger partial charge in [-0.15, -0.1) is 0 Å². The first-order valence-corrected chi connectivity index (χ1v) is 6.91. The summed E-state index contributed by atoms with van der Waals surface area (Å²) in [6, 6.07) is 0. The van der Waals surface area contributed by atoms with Gasteiger partial charge in [0.15, 0.2) is 0 Å². The molecule has 2 heterocycles. The molecule has 3 rings (SSSR count). The molecule has 0 radical (unpaired) electrons. The molecule has 1 aromatic heterocycles. The number of rotatable bonds is 2. The van der Waals surface area contributed by atoms with Crippen molar-refractivity contribution in [3.63, 3.8) is 0 Å². The van der Waals surface area contributed by atoms with E-state index in [-0.39, 0.29) is 0 Å². The predicted octanol–water partition coefficient (Wildman–Crippen LogP) is 1.66. The molecule has 1 fully saturated rings. The van der Waals surface area contributed by atoms with Crippen LogP contribution in [0.5, 0.6) is 0 Å². The molecule has 102 valence electrons. The summed E-state index contributed by atoms with van der Waals surface area (Å²) in [4.78, 5) is 22.3. The molecule has 19 heavy (non-hydrogen) atoms. The summed E-state index contributed by atoms with van der Waals surface area (Å²) in [5.41, 5.74) is 1.88. The Labute approximate surface area is 112 Å². The average molecular weight is 261 g/mol. The first-order chi connectivity index (χ1) is 9.10. The van der Waals surface area contributed by atoms with Gasteiger partial charge in [0.2, 0.25) is 0 Å². The van der Waals surface area contributed by atoms with Gasteiger partial charge in [-0.25, -0.2) is 9.97 Å². The van der Waals surface area contributed by atoms with Gasteiger partial charge in [-0.2, -0.15) is 0 Å². The third-order valence-corrected chi connectivity index (χ3v) is 4.54. The Bertz CT molecular complexity index is 507. The number of nitrogens with zero attached hydrogens (tertiary/aromatic N) is 3. The molecule has 1 N–H and O–H groups in total. The maximum atomic E-state index is 11.3. The van der Waals surface area contributed by atoms with Crippen LogP contribution in [0, 0.1) is 5.41 Å². The van der Waals surface area contributed by atoms with Crippen LogP contribution in [0.25, 0.3) is 0 Å². The first kappa shape index (κ1) is 12.4. The van der Waals surface area contributed by atoms with Crippen molar-refractivity contribution in [1.29, 1.82) is 0 Å². The standard InChI is InChI=1S/C14H19N3O2/c1-14(13(18)19)5-7-17(8-6-14)12-10-3-2-4-11(10)15-9-16-12/h9H,2-8H2,1H3,(H,18,19). The minimum Gasteiger partial charge on any atom is -0.481 e. The van der Waals surface area contributed by atoms with Crippen molar-refractivity contribution < 1.29 is 9.90 Å². The molecule has 0 atom stereocenters. The Hall–Kier alpha value is -1.65. The summed E-state index contributed by atoms with van der Waals surface area (Å²) >= 11 is 0. The number of fused-ring (bicyclic) bond motifs is 1. The zero-order valence-corrected chi connectivity index (χ0v) is 11.2. The molecular formula is C14H19N3O2. The maximum Gasteiger partial charge on any atom is 0.309 e. The smallest absolute Gasteiger partial charge is 0.309 e. The quantitative estimate of drug-likeness (QED) is 0.877. The van der Waals surface area contributed by atoms with Gasteiger partial charge in [-0.1, -0.05) is 0 Å². The average Bonchev–Trinajstić information content (AvgIpc) is 2.87. The third kappa shape index (κ3) is 2.07. The van der Waals surface area contributed by atoms with Crippen LogP contribution < -0.4 is 4.90 Å². The van der Waals surface area contributed by atoms with Crippen LogP contribution in [-0.2, 0) is 17.6 Å². The number of carboxylic acids is 1. The summed E-state index contributed by atoms with van der Waals surface area (Å²) in [6.07, 6.45) is 6.26. The third-order valence-electron chi connectivity index (χ3n) is 4.54. The number of aliphatic carboxylic acids is 1. The van der Waals surface area contributed by atoms with Crippen molar-refractivity contribution in [2.24, 2.45) is 5.41 Å². The number of aryl methyl sites for hydroxylation is 1. The Morgan fingerprint density at radius 1 is 1.32 bits per heavy atom. The fourth-order valence-electron chi connectivity index (χ4n) is 3.04. The SMILES string of the molecule is CC1(C(=O)O)CCN(c2ncnc3c2CCC3)CC1. The molecule has 2 aliphatic rings. The fourth-order valence-corrected chi connectivity index (χ4v) is 3.04. The van der Waals surface area contributed by atoms with Crippen LogP contribution in [-0.4, -0.2) is 34.1 Å². The number of anilines is 1. The molecule has 0 aromatic carbocycles. The van der Waals surface area contributed by atoms with Crippen molar-refractivity contribution in [3.8, 4) is 0 Å². The summed E-state index contributed by atoms with van der Waals surface area (Å²) < 4.78 is 0. The Morgan fingerprint density at radius 3 is 2.74 bits per heavy atom. The van der Waals surface area contributed by atoms with Crippen LogP contribution in [0.4, 0.5) is 5.82 Å². The molecule has 1 aliphatic heterocycles. The second-order valence-corrected chi connectivity index (χ2v) is 5.83. The van der Waals surface area contributed by atoms with Gasteiger partial charge in [0.05, 0.1) is 5.41 Å². The first-order valence-electron chi connectivity index (χ1n) is 6.91. The zero-order valence-electron chi connectivity index (χ0n) is 11.2. The summed E-state index contributed by atoms with van der Waals surface area (Å²) in [5.74, 6) is 0.356. The lowest BCUT2D eigenvalue weighted by Gasteiger charge is -2.37. The normalized spacial score (nSPS) is 21.2. The second-order valence-electron chi connectivity index (χ2n) is 5.83. The molecule has 0 spiro atoms. The zero-order chi connectivity index (χ0) is 13.5. The number of carboxylic acid groups (broad SMARTS) is 1. The lowest BCUT2D eigenvalue weighted by molar-refractivity contribution is -0.149. The van der Waals surface area contributed by atoms with Crippen molar-refractivity contribution >= 4 is 11.8 Å². The Morgan fingerprint density at radius 2 is 2.05 bits per heavy atom. The van der Waals surface area contributed by atoms with E-state index in [0.29, 0.717) is 12.8 Å². The maximum absolute atomic E-state index is 11.3. The van der Waals surface area contributed by atoms with E-state index in [1.54, 1.807) is 6.33 Å². The molecule has 1 aliphatic carbocycles. The monoisotopic (exact) mass is 261 g/mol. The van der Waals surface area contributed by atoms with E-state index in [0.717, 1.165) is 38.2 Å². The molecule has 0 amide bonds. The highest BCUT2D eigenvalue weighted by atomic mass is 16.4. The fraction of sp³-hybridized carbons (Fsp3) is 0.643. The van der Waals surface area contributed by atoms with Gasteiger partial charge < -0.3 is 10.0 Å². The predicted molar refractivity (Wildman–Crippen MR) is 71.2 cm³/mol. The summed E-state index contributed by atoms with van der Waals surface area (Å²) in [7, 11) is 0. The van der Waals surface area contributed by atoms with E-state index >= 15 is 0 Å². The van der Waals surface area contributed by atoms with Crippen LogP contribution in [0.1, 0.15) is 37.4 Å². The number of aromatic nitrogens is 2. The molecule has 1 saturated heterocycles. The van der Waals surface area contributed by atoms with Gasteiger partial charge in [0, 0.05) is 24.3 Å². The van der Waals surface area contributed by atoms with Crippen LogP contribution in [0.2, 0.25) is 0 Å². The van der Waals surface area contributed by atoms with Gasteiger partial charge in [0.1, 0.15) is 12.1 Å². The highest BCUT2D eigenvalue weighted by Gasteiger charge is 2.37. The van der Waals surface area contributed by atoms with Crippen molar-refractivity contribution in [1.82, 2.24) is 9.97 Å². The van der Waals surface area contributed by atoms with Crippen molar-refractivity contribution in [3.05, 3.63) is 17.6 Å². The minimum absolute atomic E-state index is 0.577. The van der Waals surface area contributed by atoms with Crippen molar-refractivity contribution in [2.75, 3.05) is 18.0 Å². The van der Waals surface area contributed by atoms with E-state index in [4.69, 9.17) is 0 Å². The highest BCUT2D eigenvalue weighted by molar-refractivity contribution is 5.74. The summed E-state index contributed by atoms with van der Waals surface area (Å²) in [5, 5.41) is 9.27. The van der Waals surface area contributed by atoms with Crippen LogP contribution >= 0.6 is 0 Å². The van der Waals surface area contributed by atoms with E-state index in [9.17, 15) is 9.90 Å². The molecule has 5 heteroatoms. The molecular weight excluding hydrogens is 242 g/mol. The van der Waals surface area contributed by atoms with Crippen LogP contribution in [0.15, 0.2) is 6.33 Å². The number of hydrogen-bond donors (Lipinski definition) is 1. The van der Waals surface area contributed by atoms with E-state index < -0.39 is 11.4 Å². The van der Waals surface area contributed by atoms with Gasteiger partial charge in [-0.3, -0.25) is 4.79 Å². The second kappa shape index (κ2) is 4.47. The van der Waals surface area contributed by atoms with Gasteiger partial charge in [0.25, 0.3) is 0 Å². The van der Waals surface area contributed by atoms with Gasteiger partial charge >= 0.3 is 5.97 Å². The molecule has 0 unspecified atom stereocenters. The molecule has 0 saturated carbocycles. The largest absolute Gasteiger partial charge is 0.481 e. The lowest BCUT2D eigenvalue weighted by Crippen LogP contribution is -2.43. The van der Waals surface area contributed by atoms with E-state index in [2.05, 4.69) is 14.9 Å². The molecule has 0 bridgehead atoms. The van der Waals surface area contributed by atoms with E-state index in [1.165, 1.54) is 11.3 Å². The number of hydrogen-bond acceptors (Lipinski definition) is 4. The Balaban J connectivity index is 1.80. The van der Waals surface area contributed by atoms with Gasteiger partial charge in [-0.05, 0) is 39.0 Å². The van der Waals surface area contributed by atoms with Crippen LogP contribution in [0.3, 0.4) is 0 Å². The Kier molecular flexibility index (Phi) is 2.92. The molecule has 5 nitrogen and oxygen atoms in total.